The summed E-state index contributed by atoms with van der Waals surface area (Å²) < 4.78 is 23.0. The lowest BCUT2D eigenvalue weighted by atomic mass is 10.1. The fraction of sp³-hybridized carbons (Fsp3) is 0.333. The van der Waals surface area contributed by atoms with Crippen LogP contribution in [0.15, 0.2) is 53.4 Å². The summed E-state index contributed by atoms with van der Waals surface area (Å²) in [7, 11) is -3.24. The molecule has 0 radical (unpaired) electrons. The molecule has 0 spiro atoms. The Hall–Kier alpha value is -2.58. The molecule has 1 unspecified atom stereocenters. The van der Waals surface area contributed by atoms with Gasteiger partial charge in [-0.2, -0.15) is 0 Å². The second kappa shape index (κ2) is 9.95. The Morgan fingerprint density at radius 3 is 2.27 bits per heavy atom. The van der Waals surface area contributed by atoms with Gasteiger partial charge < -0.3 is 15.5 Å². The van der Waals surface area contributed by atoms with Crippen molar-refractivity contribution in [2.75, 3.05) is 17.7 Å². The fourth-order valence-electron chi connectivity index (χ4n) is 3.23. The quantitative estimate of drug-likeness (QED) is 0.704. The molecule has 1 heterocycles. The molecule has 1 fully saturated rings. The summed E-state index contributed by atoms with van der Waals surface area (Å²) in [6, 6.07) is 13.5. The molecule has 30 heavy (non-hydrogen) atoms. The van der Waals surface area contributed by atoms with Crippen LogP contribution >= 0.6 is 12.4 Å². The molecule has 1 saturated heterocycles. The van der Waals surface area contributed by atoms with E-state index in [1.807, 2.05) is 31.2 Å². The first kappa shape index (κ1) is 23.7. The van der Waals surface area contributed by atoms with E-state index in [9.17, 15) is 18.0 Å². The van der Waals surface area contributed by atoms with Crippen LogP contribution in [0.4, 0.5) is 10.5 Å². The van der Waals surface area contributed by atoms with Crippen molar-refractivity contribution in [2.24, 2.45) is 0 Å². The zero-order valence-corrected chi connectivity index (χ0v) is 18.6. The van der Waals surface area contributed by atoms with Crippen LogP contribution in [0.2, 0.25) is 0 Å². The highest BCUT2D eigenvalue weighted by atomic mass is 35.5. The van der Waals surface area contributed by atoms with E-state index in [0.29, 0.717) is 13.0 Å². The molecular formula is C21H26ClN3O4S. The minimum Gasteiger partial charge on any atom is -0.334 e. The summed E-state index contributed by atoms with van der Waals surface area (Å²) in [6.45, 7) is 2.94. The molecule has 3 amide bonds. The molecule has 3 rings (SSSR count). The molecule has 0 aromatic heterocycles. The van der Waals surface area contributed by atoms with Crippen molar-refractivity contribution < 1.29 is 18.0 Å². The highest BCUT2D eigenvalue weighted by molar-refractivity contribution is 7.90. The first-order valence-corrected chi connectivity index (χ1v) is 11.4. The number of rotatable bonds is 6. The molecule has 0 bridgehead atoms. The van der Waals surface area contributed by atoms with Crippen LogP contribution in [0, 0.1) is 0 Å². The number of benzene rings is 2. The normalized spacial score (nSPS) is 14.7. The molecule has 9 heteroatoms. The molecule has 1 aliphatic heterocycles. The van der Waals surface area contributed by atoms with Gasteiger partial charge in [-0.3, -0.25) is 4.79 Å². The third-order valence-electron chi connectivity index (χ3n) is 4.93. The predicted molar refractivity (Wildman–Crippen MR) is 119 cm³/mol. The molecule has 1 atom stereocenters. The lowest BCUT2D eigenvalue weighted by Crippen LogP contribution is -2.36. The van der Waals surface area contributed by atoms with Gasteiger partial charge in [0, 0.05) is 31.5 Å². The summed E-state index contributed by atoms with van der Waals surface area (Å²) in [5, 5.41) is 5.64. The minimum absolute atomic E-state index is 0. The maximum atomic E-state index is 12.2. The van der Waals surface area contributed by atoms with E-state index in [-0.39, 0.29) is 35.3 Å². The number of hydrogen-bond donors (Lipinski definition) is 2. The van der Waals surface area contributed by atoms with E-state index in [1.165, 1.54) is 12.1 Å². The van der Waals surface area contributed by atoms with E-state index >= 15 is 0 Å². The summed E-state index contributed by atoms with van der Waals surface area (Å²) in [4.78, 5) is 26.0. The van der Waals surface area contributed by atoms with Crippen LogP contribution in [0.3, 0.4) is 0 Å². The maximum absolute atomic E-state index is 12.2. The fourth-order valence-corrected chi connectivity index (χ4v) is 3.86. The monoisotopic (exact) mass is 451 g/mol. The van der Waals surface area contributed by atoms with E-state index in [1.54, 1.807) is 17.0 Å². The van der Waals surface area contributed by atoms with Crippen molar-refractivity contribution in [1.29, 1.82) is 0 Å². The SMILES string of the molecule is CC(NC(=O)NCc1ccc(N2CCCC2=O)cc1)c1ccc(S(C)(=O)=O)cc1.Cl. The second-order valence-electron chi connectivity index (χ2n) is 7.21. The largest absolute Gasteiger partial charge is 0.334 e. The number of halogens is 1. The zero-order valence-electron chi connectivity index (χ0n) is 16.9. The van der Waals surface area contributed by atoms with Crippen LogP contribution in [-0.2, 0) is 21.2 Å². The van der Waals surface area contributed by atoms with E-state index in [0.717, 1.165) is 36.0 Å². The second-order valence-corrected chi connectivity index (χ2v) is 9.22. The van der Waals surface area contributed by atoms with Gasteiger partial charge in [0.2, 0.25) is 5.91 Å². The number of carbonyl (C=O) groups excluding carboxylic acids is 2. The van der Waals surface area contributed by atoms with Gasteiger partial charge in [-0.1, -0.05) is 24.3 Å². The van der Waals surface area contributed by atoms with Crippen molar-refractivity contribution in [3.63, 3.8) is 0 Å². The van der Waals surface area contributed by atoms with Gasteiger partial charge in [0.15, 0.2) is 9.84 Å². The third-order valence-corrected chi connectivity index (χ3v) is 6.06. The Kier molecular flexibility index (Phi) is 7.86. The van der Waals surface area contributed by atoms with Gasteiger partial charge in [-0.15, -0.1) is 12.4 Å². The summed E-state index contributed by atoms with van der Waals surface area (Å²) >= 11 is 0. The average Bonchev–Trinajstić information content (AvgIpc) is 3.12. The Labute approximate surface area is 183 Å². The molecule has 0 aliphatic carbocycles. The lowest BCUT2D eigenvalue weighted by molar-refractivity contribution is -0.117. The summed E-state index contributed by atoms with van der Waals surface area (Å²) in [5.74, 6) is 0.147. The van der Waals surface area contributed by atoms with Crippen LogP contribution in [0.1, 0.15) is 36.9 Å². The minimum atomic E-state index is -3.24. The van der Waals surface area contributed by atoms with Crippen molar-refractivity contribution in [1.82, 2.24) is 10.6 Å². The van der Waals surface area contributed by atoms with Crippen molar-refractivity contribution >= 4 is 39.9 Å². The van der Waals surface area contributed by atoms with Crippen LogP contribution < -0.4 is 15.5 Å². The molecule has 7 nitrogen and oxygen atoms in total. The summed E-state index contributed by atoms with van der Waals surface area (Å²) in [5.41, 5.74) is 2.62. The number of anilines is 1. The van der Waals surface area contributed by atoms with Crippen LogP contribution in [0.5, 0.6) is 0 Å². The number of urea groups is 1. The number of hydrogen-bond acceptors (Lipinski definition) is 4. The van der Waals surface area contributed by atoms with Crippen molar-refractivity contribution in [3.05, 3.63) is 59.7 Å². The zero-order chi connectivity index (χ0) is 21.0. The highest BCUT2D eigenvalue weighted by Gasteiger charge is 2.21. The van der Waals surface area contributed by atoms with Gasteiger partial charge in [-0.25, -0.2) is 13.2 Å². The smallest absolute Gasteiger partial charge is 0.315 e. The van der Waals surface area contributed by atoms with Crippen molar-refractivity contribution in [2.45, 2.75) is 37.2 Å². The predicted octanol–water partition coefficient (Wildman–Crippen LogP) is 3.20. The molecule has 162 valence electrons. The Morgan fingerprint density at radius 1 is 1.10 bits per heavy atom. The average molecular weight is 452 g/mol. The number of amides is 3. The molecule has 0 saturated carbocycles. The molecule has 1 aliphatic rings. The van der Waals surface area contributed by atoms with Crippen LogP contribution in [-0.4, -0.2) is 33.2 Å². The standard InChI is InChI=1S/C21H25N3O4S.ClH/c1-15(17-7-11-19(12-8-17)29(2,27)28)23-21(26)22-14-16-5-9-18(10-6-16)24-13-3-4-20(24)25;/h5-12,15H,3-4,13-14H2,1-2H3,(H2,22,23,26);1H. The van der Waals surface area contributed by atoms with Crippen molar-refractivity contribution in [3.8, 4) is 0 Å². The van der Waals surface area contributed by atoms with Crippen LogP contribution in [0.25, 0.3) is 0 Å². The van der Waals surface area contributed by atoms with E-state index in [2.05, 4.69) is 10.6 Å². The maximum Gasteiger partial charge on any atom is 0.315 e. The first-order chi connectivity index (χ1) is 13.7. The topological polar surface area (TPSA) is 95.6 Å². The Morgan fingerprint density at radius 2 is 1.73 bits per heavy atom. The number of sulfone groups is 1. The Balaban J connectivity index is 0.00000320. The lowest BCUT2D eigenvalue weighted by Gasteiger charge is -2.17. The molecular weight excluding hydrogens is 426 g/mol. The molecule has 2 N–H and O–H groups in total. The van der Waals surface area contributed by atoms with Gasteiger partial charge in [0.05, 0.1) is 10.9 Å². The van der Waals surface area contributed by atoms with E-state index in [4.69, 9.17) is 0 Å². The van der Waals surface area contributed by atoms with Gasteiger partial charge >= 0.3 is 6.03 Å². The summed E-state index contributed by atoms with van der Waals surface area (Å²) in [6.07, 6.45) is 2.64. The van der Waals surface area contributed by atoms with Gasteiger partial charge in [0.25, 0.3) is 0 Å². The molecule has 2 aromatic rings. The van der Waals surface area contributed by atoms with E-state index < -0.39 is 9.84 Å². The first-order valence-electron chi connectivity index (χ1n) is 9.48. The molecule has 2 aromatic carbocycles. The number of nitrogens with one attached hydrogen (secondary N) is 2. The third kappa shape index (κ3) is 5.96. The van der Waals surface area contributed by atoms with Gasteiger partial charge in [-0.05, 0) is 48.7 Å². The number of carbonyl (C=O) groups is 2. The highest BCUT2D eigenvalue weighted by Crippen LogP contribution is 2.21. The van der Waals surface area contributed by atoms with Gasteiger partial charge in [0.1, 0.15) is 0 Å². The Bertz CT molecular complexity index is 992. The number of nitrogens with zero attached hydrogens (tertiary/aromatic N) is 1.